The molecular weight excluding hydrogens is 162 g/mol. The molecule has 0 aliphatic heterocycles. The second-order valence-corrected chi connectivity index (χ2v) is 4.72. The Morgan fingerprint density at radius 2 is 1.62 bits per heavy atom. The predicted octanol–water partition coefficient (Wildman–Crippen LogP) is 2.63. The maximum absolute atomic E-state index is 6.07. The van der Waals surface area contributed by atoms with Gasteiger partial charge in [-0.15, -0.1) is 0 Å². The van der Waals surface area contributed by atoms with Crippen molar-refractivity contribution in [3.63, 3.8) is 0 Å². The number of nitrogens with zero attached hydrogens (tertiary/aromatic N) is 1. The van der Waals surface area contributed by atoms with Gasteiger partial charge in [0.2, 0.25) is 0 Å². The fourth-order valence-electron chi connectivity index (χ4n) is 1.70. The average Bonchev–Trinajstić information content (AvgIpc) is 2.05. The van der Waals surface area contributed by atoms with Gasteiger partial charge in [-0.05, 0) is 40.8 Å². The summed E-state index contributed by atoms with van der Waals surface area (Å²) in [4.78, 5) is 2.14. The third-order valence-electron chi connectivity index (χ3n) is 3.08. The monoisotopic (exact) mass is 185 g/mol. The Morgan fingerprint density at radius 1 is 1.08 bits per heavy atom. The molecule has 78 valence electrons. The Kier molecular flexibility index (Phi) is 3.74. The lowest BCUT2D eigenvalue weighted by atomic mass is 9.97. The van der Waals surface area contributed by atoms with Gasteiger partial charge in [0.1, 0.15) is 5.72 Å². The Balaban J connectivity index is 2.37. The van der Waals surface area contributed by atoms with Gasteiger partial charge in [0.15, 0.2) is 0 Å². The lowest BCUT2D eigenvalue weighted by molar-refractivity contribution is -0.155. The Bertz CT molecular complexity index is 148. The van der Waals surface area contributed by atoms with Crippen molar-refractivity contribution >= 4 is 0 Å². The summed E-state index contributed by atoms with van der Waals surface area (Å²) >= 11 is 0. The van der Waals surface area contributed by atoms with E-state index in [1.165, 1.54) is 32.1 Å². The molecule has 0 bridgehead atoms. The van der Waals surface area contributed by atoms with Crippen molar-refractivity contribution in [3.05, 3.63) is 0 Å². The van der Waals surface area contributed by atoms with Gasteiger partial charge in [-0.2, -0.15) is 0 Å². The molecule has 0 radical (unpaired) electrons. The molecule has 1 aliphatic rings. The van der Waals surface area contributed by atoms with Crippen LogP contribution in [0.4, 0.5) is 0 Å². The van der Waals surface area contributed by atoms with Crippen molar-refractivity contribution in [2.24, 2.45) is 0 Å². The fraction of sp³-hybridized carbons (Fsp3) is 1.00. The molecule has 1 rings (SSSR count). The molecule has 2 heteroatoms. The van der Waals surface area contributed by atoms with Crippen molar-refractivity contribution in [2.75, 3.05) is 14.1 Å². The molecule has 0 amide bonds. The molecule has 2 nitrogen and oxygen atoms in total. The van der Waals surface area contributed by atoms with Crippen molar-refractivity contribution in [3.8, 4) is 0 Å². The highest BCUT2D eigenvalue weighted by Gasteiger charge is 2.26. The van der Waals surface area contributed by atoms with Crippen LogP contribution in [0.5, 0.6) is 0 Å². The summed E-state index contributed by atoms with van der Waals surface area (Å²) in [5, 5.41) is 0. The summed E-state index contributed by atoms with van der Waals surface area (Å²) in [5.74, 6) is 0. The minimum atomic E-state index is -0.109. The van der Waals surface area contributed by atoms with Crippen LogP contribution in [0.2, 0.25) is 0 Å². The highest BCUT2D eigenvalue weighted by Crippen LogP contribution is 2.25. The third-order valence-corrected chi connectivity index (χ3v) is 3.08. The smallest absolute Gasteiger partial charge is 0.115 e. The summed E-state index contributed by atoms with van der Waals surface area (Å²) < 4.78 is 6.07. The predicted molar refractivity (Wildman–Crippen MR) is 55.7 cm³/mol. The van der Waals surface area contributed by atoms with Gasteiger partial charge < -0.3 is 4.74 Å². The summed E-state index contributed by atoms with van der Waals surface area (Å²) in [6.07, 6.45) is 7.06. The summed E-state index contributed by atoms with van der Waals surface area (Å²) in [5.41, 5.74) is -0.109. The lowest BCUT2D eigenvalue weighted by Gasteiger charge is -2.37. The van der Waals surface area contributed by atoms with E-state index in [0.29, 0.717) is 6.10 Å². The number of ether oxygens (including phenoxy) is 1. The first kappa shape index (κ1) is 11.0. The second kappa shape index (κ2) is 4.43. The third kappa shape index (κ3) is 3.28. The summed E-state index contributed by atoms with van der Waals surface area (Å²) in [6.45, 7) is 4.28. The van der Waals surface area contributed by atoms with Crippen molar-refractivity contribution in [1.82, 2.24) is 4.90 Å². The van der Waals surface area contributed by atoms with E-state index in [1.807, 2.05) is 0 Å². The molecule has 1 fully saturated rings. The standard InChI is InChI=1S/C11H23NO/c1-11(2,12(3)4)13-10-8-6-5-7-9-10/h10H,5-9H2,1-4H3. The van der Waals surface area contributed by atoms with Crippen LogP contribution in [-0.4, -0.2) is 30.8 Å². The molecule has 1 aliphatic carbocycles. The van der Waals surface area contributed by atoms with E-state index in [2.05, 4.69) is 32.8 Å². The average molecular weight is 185 g/mol. The molecule has 1 saturated carbocycles. The van der Waals surface area contributed by atoms with Crippen LogP contribution in [0.25, 0.3) is 0 Å². The minimum Gasteiger partial charge on any atom is -0.358 e. The van der Waals surface area contributed by atoms with Crippen LogP contribution in [0.3, 0.4) is 0 Å². The maximum Gasteiger partial charge on any atom is 0.115 e. The van der Waals surface area contributed by atoms with Gasteiger partial charge in [0.05, 0.1) is 6.10 Å². The molecule has 0 aromatic rings. The van der Waals surface area contributed by atoms with E-state index >= 15 is 0 Å². The summed E-state index contributed by atoms with van der Waals surface area (Å²) in [7, 11) is 4.14. The normalized spacial score (nSPS) is 21.0. The lowest BCUT2D eigenvalue weighted by Crippen LogP contribution is -2.44. The zero-order valence-corrected chi connectivity index (χ0v) is 9.47. The Hall–Kier alpha value is -0.0800. The van der Waals surface area contributed by atoms with Gasteiger partial charge in [-0.1, -0.05) is 19.3 Å². The highest BCUT2D eigenvalue weighted by molar-refractivity contribution is 4.72. The van der Waals surface area contributed by atoms with Gasteiger partial charge in [-0.3, -0.25) is 4.90 Å². The molecule has 0 aromatic carbocycles. The SMILES string of the molecule is CN(C)C(C)(C)OC1CCCCC1. The van der Waals surface area contributed by atoms with Crippen LogP contribution < -0.4 is 0 Å². The van der Waals surface area contributed by atoms with Crippen molar-refractivity contribution in [1.29, 1.82) is 0 Å². The van der Waals surface area contributed by atoms with Crippen LogP contribution >= 0.6 is 0 Å². The molecule has 0 atom stereocenters. The Morgan fingerprint density at radius 3 is 2.08 bits per heavy atom. The number of rotatable bonds is 3. The molecule has 0 spiro atoms. The first-order valence-electron chi connectivity index (χ1n) is 5.37. The van der Waals surface area contributed by atoms with E-state index in [1.54, 1.807) is 0 Å². The first-order chi connectivity index (χ1) is 6.02. The maximum atomic E-state index is 6.07. The molecule has 0 saturated heterocycles. The molecular formula is C11H23NO. The van der Waals surface area contributed by atoms with E-state index < -0.39 is 0 Å². The zero-order chi connectivity index (χ0) is 9.90. The molecule has 0 heterocycles. The van der Waals surface area contributed by atoms with Crippen molar-refractivity contribution < 1.29 is 4.74 Å². The minimum absolute atomic E-state index is 0.109. The quantitative estimate of drug-likeness (QED) is 0.627. The molecule has 0 unspecified atom stereocenters. The summed E-state index contributed by atoms with van der Waals surface area (Å²) in [6, 6.07) is 0. The largest absolute Gasteiger partial charge is 0.358 e. The van der Waals surface area contributed by atoms with Gasteiger partial charge >= 0.3 is 0 Å². The Labute approximate surface area is 82.3 Å². The topological polar surface area (TPSA) is 12.5 Å². The molecule has 13 heavy (non-hydrogen) atoms. The second-order valence-electron chi connectivity index (χ2n) is 4.72. The van der Waals surface area contributed by atoms with Crippen LogP contribution in [0.15, 0.2) is 0 Å². The van der Waals surface area contributed by atoms with E-state index in [0.717, 1.165) is 0 Å². The number of hydrogen-bond donors (Lipinski definition) is 0. The van der Waals surface area contributed by atoms with Gasteiger partial charge in [0.25, 0.3) is 0 Å². The van der Waals surface area contributed by atoms with Gasteiger partial charge in [-0.25, -0.2) is 0 Å². The molecule has 0 aromatic heterocycles. The van der Waals surface area contributed by atoms with Crippen LogP contribution in [-0.2, 0) is 4.74 Å². The highest BCUT2D eigenvalue weighted by atomic mass is 16.5. The zero-order valence-electron chi connectivity index (χ0n) is 9.47. The van der Waals surface area contributed by atoms with Crippen LogP contribution in [0, 0.1) is 0 Å². The van der Waals surface area contributed by atoms with Crippen LogP contribution in [0.1, 0.15) is 46.0 Å². The van der Waals surface area contributed by atoms with Gasteiger partial charge in [0, 0.05) is 0 Å². The fourth-order valence-corrected chi connectivity index (χ4v) is 1.70. The first-order valence-corrected chi connectivity index (χ1v) is 5.37. The van der Waals surface area contributed by atoms with E-state index in [9.17, 15) is 0 Å². The van der Waals surface area contributed by atoms with E-state index in [4.69, 9.17) is 4.74 Å². The number of hydrogen-bond acceptors (Lipinski definition) is 2. The molecule has 0 N–H and O–H groups in total. The van der Waals surface area contributed by atoms with E-state index in [-0.39, 0.29) is 5.72 Å². The van der Waals surface area contributed by atoms with Crippen molar-refractivity contribution in [2.45, 2.75) is 57.8 Å².